The molecule has 0 fully saturated rings. The molecular formula is C14H23NO2. The molecule has 0 heterocycles. The van der Waals surface area contributed by atoms with Gasteiger partial charge in [0.15, 0.2) is 0 Å². The number of hydrogen-bond donors (Lipinski definition) is 1. The Kier molecular flexibility index (Phi) is 6.67. The first kappa shape index (κ1) is 14.0. The van der Waals surface area contributed by atoms with Crippen LogP contribution in [0.1, 0.15) is 31.4 Å². The van der Waals surface area contributed by atoms with Gasteiger partial charge < -0.3 is 14.8 Å². The number of nitrogens with one attached hydrogen (secondary N) is 1. The van der Waals surface area contributed by atoms with Crippen LogP contribution in [0.5, 0.6) is 5.75 Å². The van der Waals surface area contributed by atoms with Crippen LogP contribution in [0.15, 0.2) is 24.3 Å². The van der Waals surface area contributed by atoms with Crippen LogP contribution < -0.4 is 10.1 Å². The Bertz CT molecular complexity index is 315. The number of benzene rings is 1. The summed E-state index contributed by atoms with van der Waals surface area (Å²) in [4.78, 5) is 0. The van der Waals surface area contributed by atoms with Crippen molar-refractivity contribution in [3.8, 4) is 5.75 Å². The fraction of sp³-hybridized carbons (Fsp3) is 0.571. The topological polar surface area (TPSA) is 30.5 Å². The fourth-order valence-electron chi connectivity index (χ4n) is 1.92. The molecular weight excluding hydrogens is 214 g/mol. The Labute approximate surface area is 104 Å². The van der Waals surface area contributed by atoms with Crippen LogP contribution in [0.4, 0.5) is 0 Å². The van der Waals surface area contributed by atoms with Gasteiger partial charge in [-0.15, -0.1) is 0 Å². The fourth-order valence-corrected chi connectivity index (χ4v) is 1.92. The zero-order valence-corrected chi connectivity index (χ0v) is 11.0. The number of ether oxygens (including phenoxy) is 2. The van der Waals surface area contributed by atoms with Crippen LogP contribution in [-0.4, -0.2) is 27.4 Å². The van der Waals surface area contributed by atoms with Gasteiger partial charge in [0.2, 0.25) is 0 Å². The summed E-state index contributed by atoms with van der Waals surface area (Å²) in [6, 6.07) is 8.53. The van der Waals surface area contributed by atoms with Crippen molar-refractivity contribution >= 4 is 0 Å². The summed E-state index contributed by atoms with van der Waals surface area (Å²) in [5.74, 6) is 0.957. The average molecular weight is 237 g/mol. The molecule has 0 aromatic heterocycles. The average Bonchev–Trinajstić information content (AvgIpc) is 2.39. The smallest absolute Gasteiger partial charge is 0.123 e. The Balaban J connectivity index is 2.59. The van der Waals surface area contributed by atoms with Crippen molar-refractivity contribution in [3.63, 3.8) is 0 Å². The minimum absolute atomic E-state index is 0.350. The molecule has 3 nitrogen and oxygen atoms in total. The molecule has 0 radical (unpaired) electrons. The van der Waals surface area contributed by atoms with E-state index in [1.165, 1.54) is 5.56 Å². The van der Waals surface area contributed by atoms with Crippen molar-refractivity contribution in [2.45, 2.75) is 25.8 Å². The number of rotatable bonds is 8. The highest BCUT2D eigenvalue weighted by Crippen LogP contribution is 2.26. The monoisotopic (exact) mass is 237 g/mol. The highest BCUT2D eigenvalue weighted by atomic mass is 16.5. The Morgan fingerprint density at radius 3 is 2.65 bits per heavy atom. The maximum absolute atomic E-state index is 5.39. The van der Waals surface area contributed by atoms with Crippen molar-refractivity contribution in [2.75, 3.05) is 27.4 Å². The van der Waals surface area contributed by atoms with Crippen LogP contribution in [-0.2, 0) is 4.74 Å². The highest BCUT2D eigenvalue weighted by Gasteiger charge is 2.12. The minimum Gasteiger partial charge on any atom is -0.496 e. The number of hydrogen-bond acceptors (Lipinski definition) is 3. The summed E-state index contributed by atoms with van der Waals surface area (Å²) in [5.41, 5.74) is 1.23. The Morgan fingerprint density at radius 2 is 2.00 bits per heavy atom. The van der Waals surface area contributed by atoms with Crippen LogP contribution in [0, 0.1) is 0 Å². The molecule has 0 saturated carbocycles. The molecule has 17 heavy (non-hydrogen) atoms. The highest BCUT2D eigenvalue weighted by molar-refractivity contribution is 5.35. The van der Waals surface area contributed by atoms with Crippen molar-refractivity contribution in [3.05, 3.63) is 29.8 Å². The summed E-state index contributed by atoms with van der Waals surface area (Å²) in [6.07, 6.45) is 2.08. The summed E-state index contributed by atoms with van der Waals surface area (Å²) in [7, 11) is 3.45. The zero-order chi connectivity index (χ0) is 12.5. The van der Waals surface area contributed by atoms with Crippen molar-refractivity contribution in [2.24, 2.45) is 0 Å². The van der Waals surface area contributed by atoms with Crippen LogP contribution in [0.25, 0.3) is 0 Å². The molecule has 3 heteroatoms. The Hall–Kier alpha value is -1.06. The minimum atomic E-state index is 0.350. The quantitative estimate of drug-likeness (QED) is 0.705. The molecule has 1 aromatic carbocycles. The molecule has 0 aliphatic rings. The molecule has 0 spiro atoms. The van der Waals surface area contributed by atoms with E-state index in [1.807, 2.05) is 12.1 Å². The number of para-hydroxylation sites is 1. The maximum atomic E-state index is 5.39. The third kappa shape index (κ3) is 4.36. The van der Waals surface area contributed by atoms with Gasteiger partial charge in [-0.1, -0.05) is 25.1 Å². The van der Waals surface area contributed by atoms with Gasteiger partial charge in [-0.05, 0) is 25.5 Å². The Morgan fingerprint density at radius 1 is 1.24 bits per heavy atom. The summed E-state index contributed by atoms with van der Waals surface area (Å²) < 4.78 is 10.4. The van der Waals surface area contributed by atoms with E-state index < -0.39 is 0 Å². The van der Waals surface area contributed by atoms with Gasteiger partial charge in [0.05, 0.1) is 7.11 Å². The van der Waals surface area contributed by atoms with Crippen molar-refractivity contribution < 1.29 is 9.47 Å². The van der Waals surface area contributed by atoms with Gasteiger partial charge in [0.1, 0.15) is 5.75 Å². The molecule has 0 saturated heterocycles. The first-order chi connectivity index (χ1) is 8.33. The zero-order valence-electron chi connectivity index (χ0n) is 11.0. The van der Waals surface area contributed by atoms with Gasteiger partial charge >= 0.3 is 0 Å². The van der Waals surface area contributed by atoms with Crippen molar-refractivity contribution in [1.29, 1.82) is 0 Å². The molecule has 1 N–H and O–H groups in total. The summed E-state index contributed by atoms with van der Waals surface area (Å²) in [6.45, 7) is 3.94. The van der Waals surface area contributed by atoms with E-state index in [1.54, 1.807) is 14.2 Å². The van der Waals surface area contributed by atoms with Gasteiger partial charge in [0, 0.05) is 25.3 Å². The molecule has 1 rings (SSSR count). The lowest BCUT2D eigenvalue weighted by atomic mass is 10.0. The lowest BCUT2D eigenvalue weighted by Crippen LogP contribution is -2.23. The van der Waals surface area contributed by atoms with Crippen LogP contribution in [0.3, 0.4) is 0 Å². The largest absolute Gasteiger partial charge is 0.496 e. The van der Waals surface area contributed by atoms with E-state index in [4.69, 9.17) is 9.47 Å². The molecule has 96 valence electrons. The van der Waals surface area contributed by atoms with Gasteiger partial charge in [-0.2, -0.15) is 0 Å². The summed E-state index contributed by atoms with van der Waals surface area (Å²) >= 11 is 0. The van der Waals surface area contributed by atoms with E-state index in [9.17, 15) is 0 Å². The second kappa shape index (κ2) is 8.09. The van der Waals surface area contributed by atoms with Gasteiger partial charge in [-0.25, -0.2) is 0 Å². The molecule has 1 unspecified atom stereocenters. The first-order valence-electron chi connectivity index (χ1n) is 6.18. The molecule has 1 atom stereocenters. The second-order valence-corrected chi connectivity index (χ2v) is 4.00. The first-order valence-corrected chi connectivity index (χ1v) is 6.18. The predicted octanol–water partition coefficient (Wildman–Crippen LogP) is 2.77. The van der Waals surface area contributed by atoms with E-state index in [0.717, 1.165) is 31.7 Å². The third-order valence-electron chi connectivity index (χ3n) is 2.84. The standard InChI is InChI=1S/C14H23NO2/c1-4-13(15-10-7-11-16-2)12-8-5-6-9-14(12)17-3/h5-6,8-9,13,15H,4,7,10-11H2,1-3H3. The van der Waals surface area contributed by atoms with E-state index in [0.29, 0.717) is 6.04 Å². The van der Waals surface area contributed by atoms with E-state index in [-0.39, 0.29) is 0 Å². The lowest BCUT2D eigenvalue weighted by molar-refractivity contribution is 0.193. The van der Waals surface area contributed by atoms with E-state index >= 15 is 0 Å². The molecule has 0 aliphatic heterocycles. The predicted molar refractivity (Wildman–Crippen MR) is 70.5 cm³/mol. The molecule has 0 amide bonds. The number of methoxy groups -OCH3 is 2. The molecule has 1 aromatic rings. The van der Waals surface area contributed by atoms with Crippen LogP contribution in [0.2, 0.25) is 0 Å². The normalized spacial score (nSPS) is 12.4. The maximum Gasteiger partial charge on any atom is 0.123 e. The van der Waals surface area contributed by atoms with Gasteiger partial charge in [0.25, 0.3) is 0 Å². The lowest BCUT2D eigenvalue weighted by Gasteiger charge is -2.19. The molecule has 0 aliphatic carbocycles. The second-order valence-electron chi connectivity index (χ2n) is 4.00. The van der Waals surface area contributed by atoms with Crippen molar-refractivity contribution in [1.82, 2.24) is 5.32 Å². The SMILES string of the molecule is CCC(NCCCOC)c1ccccc1OC. The summed E-state index contributed by atoms with van der Waals surface area (Å²) in [5, 5.41) is 3.54. The van der Waals surface area contributed by atoms with Gasteiger partial charge in [-0.3, -0.25) is 0 Å². The van der Waals surface area contributed by atoms with E-state index in [2.05, 4.69) is 24.4 Å². The third-order valence-corrected chi connectivity index (χ3v) is 2.84. The molecule has 0 bridgehead atoms. The van der Waals surface area contributed by atoms with Crippen LogP contribution >= 0.6 is 0 Å².